The van der Waals surface area contributed by atoms with Gasteiger partial charge in [0.2, 0.25) is 0 Å². The number of fused-ring (bicyclic) bond motifs is 2. The third kappa shape index (κ3) is 3.09. The van der Waals surface area contributed by atoms with Gasteiger partial charge >= 0.3 is 18.2 Å². The van der Waals surface area contributed by atoms with Crippen molar-refractivity contribution >= 4 is 23.8 Å². The second kappa shape index (κ2) is 6.75. The standard InChI is InChI=1S/C19H22N2O6/c22-16(23)10-27-19(26)20(11-8-9-11)17-12-4-1-2-6-14(12)21(18(24)25)15-7-3-5-13(15)17/h1-2,4,6,11,13,15,17H,3,5,7-10H2,(H,22,23)(H,24,25)/t13-,15+,17-/m0/s1. The van der Waals surface area contributed by atoms with E-state index in [0.717, 1.165) is 37.7 Å². The second-order valence-electron chi connectivity index (χ2n) is 7.41. The van der Waals surface area contributed by atoms with E-state index >= 15 is 0 Å². The normalized spacial score (nSPS) is 26.1. The van der Waals surface area contributed by atoms with E-state index in [-0.39, 0.29) is 24.0 Å². The lowest BCUT2D eigenvalue weighted by Crippen LogP contribution is -2.52. The number of para-hydroxylation sites is 1. The van der Waals surface area contributed by atoms with Crippen LogP contribution in [-0.4, -0.2) is 52.0 Å². The van der Waals surface area contributed by atoms with E-state index in [4.69, 9.17) is 9.84 Å². The second-order valence-corrected chi connectivity index (χ2v) is 7.41. The molecular formula is C19H22N2O6. The van der Waals surface area contributed by atoms with Crippen LogP contribution in [0.15, 0.2) is 24.3 Å². The van der Waals surface area contributed by atoms with E-state index in [1.54, 1.807) is 17.0 Å². The van der Waals surface area contributed by atoms with Crippen LogP contribution < -0.4 is 4.90 Å². The Kier molecular flexibility index (Phi) is 4.41. The zero-order valence-electron chi connectivity index (χ0n) is 14.8. The first-order valence-electron chi connectivity index (χ1n) is 9.27. The van der Waals surface area contributed by atoms with Gasteiger partial charge in [0.1, 0.15) is 0 Å². The number of carbonyl (C=O) groups excluding carboxylic acids is 1. The number of anilines is 1. The summed E-state index contributed by atoms with van der Waals surface area (Å²) >= 11 is 0. The fourth-order valence-electron chi connectivity index (χ4n) is 4.67. The Labute approximate surface area is 156 Å². The lowest BCUT2D eigenvalue weighted by Gasteiger charge is -2.46. The highest BCUT2D eigenvalue weighted by atomic mass is 16.6. The average Bonchev–Trinajstić information content (AvgIpc) is 3.35. The van der Waals surface area contributed by atoms with Crippen molar-refractivity contribution in [3.8, 4) is 0 Å². The highest BCUT2D eigenvalue weighted by molar-refractivity contribution is 5.89. The number of benzene rings is 1. The maximum atomic E-state index is 12.8. The zero-order chi connectivity index (χ0) is 19.1. The summed E-state index contributed by atoms with van der Waals surface area (Å²) < 4.78 is 5.02. The number of hydrogen-bond donors (Lipinski definition) is 2. The summed E-state index contributed by atoms with van der Waals surface area (Å²) in [6.45, 7) is -0.675. The van der Waals surface area contributed by atoms with Crippen LogP contribution in [0.1, 0.15) is 43.7 Å². The molecular weight excluding hydrogens is 352 g/mol. The molecule has 0 spiro atoms. The van der Waals surface area contributed by atoms with Crippen LogP contribution in [0.25, 0.3) is 0 Å². The van der Waals surface area contributed by atoms with Gasteiger partial charge in [-0.1, -0.05) is 24.6 Å². The highest BCUT2D eigenvalue weighted by Gasteiger charge is 2.52. The number of carboxylic acids is 1. The van der Waals surface area contributed by atoms with Gasteiger partial charge in [0, 0.05) is 18.0 Å². The summed E-state index contributed by atoms with van der Waals surface area (Å²) in [6.07, 6.45) is 2.56. The zero-order valence-corrected chi connectivity index (χ0v) is 14.8. The number of ether oxygens (including phenoxy) is 1. The third-order valence-electron chi connectivity index (χ3n) is 5.76. The number of amides is 2. The molecule has 8 nitrogen and oxygen atoms in total. The van der Waals surface area contributed by atoms with Crippen molar-refractivity contribution in [2.24, 2.45) is 5.92 Å². The maximum Gasteiger partial charge on any atom is 0.412 e. The van der Waals surface area contributed by atoms with Crippen molar-refractivity contribution in [2.75, 3.05) is 11.5 Å². The van der Waals surface area contributed by atoms with Crippen LogP contribution in [0.5, 0.6) is 0 Å². The molecule has 0 radical (unpaired) electrons. The predicted molar refractivity (Wildman–Crippen MR) is 94.7 cm³/mol. The molecule has 4 rings (SSSR count). The predicted octanol–water partition coefficient (Wildman–Crippen LogP) is 3.08. The smallest absolute Gasteiger partial charge is 0.412 e. The van der Waals surface area contributed by atoms with Gasteiger partial charge in [-0.15, -0.1) is 0 Å². The Balaban J connectivity index is 1.75. The molecule has 8 heteroatoms. The van der Waals surface area contributed by atoms with Gasteiger partial charge in [0.25, 0.3) is 0 Å². The molecule has 1 heterocycles. The van der Waals surface area contributed by atoms with Gasteiger partial charge < -0.3 is 14.9 Å². The van der Waals surface area contributed by atoms with Gasteiger partial charge in [-0.2, -0.15) is 0 Å². The molecule has 3 atom stereocenters. The molecule has 2 saturated carbocycles. The minimum absolute atomic E-state index is 0.0157. The molecule has 1 aromatic carbocycles. The van der Waals surface area contributed by atoms with Crippen molar-refractivity contribution < 1.29 is 29.3 Å². The van der Waals surface area contributed by atoms with Crippen LogP contribution in [0.3, 0.4) is 0 Å². The number of carbonyl (C=O) groups is 3. The number of carboxylic acid groups (broad SMARTS) is 2. The molecule has 144 valence electrons. The summed E-state index contributed by atoms with van der Waals surface area (Å²) in [4.78, 5) is 38.6. The van der Waals surface area contributed by atoms with Crippen molar-refractivity contribution in [1.29, 1.82) is 0 Å². The summed E-state index contributed by atoms with van der Waals surface area (Å²) in [5.74, 6) is -1.21. The number of nitrogens with zero attached hydrogens (tertiary/aromatic N) is 2. The summed E-state index contributed by atoms with van der Waals surface area (Å²) in [5, 5.41) is 18.6. The molecule has 1 aliphatic heterocycles. The molecule has 0 unspecified atom stereocenters. The van der Waals surface area contributed by atoms with Gasteiger partial charge in [-0.3, -0.25) is 9.80 Å². The molecule has 2 amide bonds. The van der Waals surface area contributed by atoms with E-state index in [1.165, 1.54) is 4.90 Å². The average molecular weight is 374 g/mol. The number of rotatable bonds is 4. The lowest BCUT2D eigenvalue weighted by atomic mass is 9.82. The molecule has 0 bridgehead atoms. The lowest BCUT2D eigenvalue weighted by molar-refractivity contribution is -0.140. The third-order valence-corrected chi connectivity index (χ3v) is 5.76. The van der Waals surface area contributed by atoms with E-state index in [2.05, 4.69) is 0 Å². The molecule has 27 heavy (non-hydrogen) atoms. The van der Waals surface area contributed by atoms with E-state index in [9.17, 15) is 19.5 Å². The molecule has 2 N–H and O–H groups in total. The van der Waals surface area contributed by atoms with E-state index in [0.29, 0.717) is 5.69 Å². The molecule has 3 aliphatic rings. The topological polar surface area (TPSA) is 107 Å². The minimum Gasteiger partial charge on any atom is -0.479 e. The number of aliphatic carboxylic acids is 1. The Morgan fingerprint density at radius 1 is 1.11 bits per heavy atom. The van der Waals surface area contributed by atoms with Crippen molar-refractivity contribution in [2.45, 2.75) is 50.2 Å². The first-order valence-corrected chi connectivity index (χ1v) is 9.27. The van der Waals surface area contributed by atoms with E-state index < -0.39 is 24.8 Å². The van der Waals surface area contributed by atoms with E-state index in [1.807, 2.05) is 12.1 Å². The molecule has 0 saturated heterocycles. The summed E-state index contributed by atoms with van der Waals surface area (Å²) in [7, 11) is 0. The van der Waals surface area contributed by atoms with Gasteiger partial charge in [-0.25, -0.2) is 14.4 Å². The molecule has 2 fully saturated rings. The largest absolute Gasteiger partial charge is 0.479 e. The fourth-order valence-corrected chi connectivity index (χ4v) is 4.67. The van der Waals surface area contributed by atoms with Gasteiger partial charge in [-0.05, 0) is 37.3 Å². The fraction of sp³-hybridized carbons (Fsp3) is 0.526. The monoisotopic (exact) mass is 374 g/mol. The quantitative estimate of drug-likeness (QED) is 0.839. The van der Waals surface area contributed by atoms with Crippen molar-refractivity contribution in [3.05, 3.63) is 29.8 Å². The molecule has 0 aromatic heterocycles. The maximum absolute atomic E-state index is 12.8. The Morgan fingerprint density at radius 2 is 1.85 bits per heavy atom. The minimum atomic E-state index is -1.20. The molecule has 1 aromatic rings. The highest BCUT2D eigenvalue weighted by Crippen LogP contribution is 2.52. The van der Waals surface area contributed by atoms with Gasteiger partial charge in [0.15, 0.2) is 6.61 Å². The first kappa shape index (κ1) is 17.6. The van der Waals surface area contributed by atoms with Crippen molar-refractivity contribution in [1.82, 2.24) is 4.90 Å². The summed E-state index contributed by atoms with van der Waals surface area (Å²) in [5.41, 5.74) is 1.40. The molecule has 2 aliphatic carbocycles. The van der Waals surface area contributed by atoms with Gasteiger partial charge in [0.05, 0.1) is 11.7 Å². The Hall–Kier alpha value is -2.77. The van der Waals surface area contributed by atoms with Crippen molar-refractivity contribution in [3.63, 3.8) is 0 Å². The van der Waals surface area contributed by atoms with Crippen LogP contribution in [0.4, 0.5) is 15.3 Å². The Morgan fingerprint density at radius 3 is 2.52 bits per heavy atom. The SMILES string of the molecule is O=C(O)COC(=O)N(C1CC1)[C@H]1c2ccccc2N(C(=O)O)[C@@H]2CCC[C@@H]21. The van der Waals surface area contributed by atoms with Crippen LogP contribution in [0.2, 0.25) is 0 Å². The Bertz CT molecular complexity index is 777. The first-order chi connectivity index (χ1) is 13.0. The summed E-state index contributed by atoms with van der Waals surface area (Å²) in [6, 6.07) is 6.82. The van der Waals surface area contributed by atoms with Crippen LogP contribution in [-0.2, 0) is 9.53 Å². The number of hydrogen-bond acceptors (Lipinski definition) is 4. The van der Waals surface area contributed by atoms with Crippen LogP contribution >= 0.6 is 0 Å². The van der Waals surface area contributed by atoms with Crippen LogP contribution in [0, 0.1) is 5.92 Å².